The van der Waals surface area contributed by atoms with Crippen LogP contribution in [-0.2, 0) is 0 Å². The monoisotopic (exact) mass is 674 g/mol. The molecule has 4 heteroatoms. The van der Waals surface area contributed by atoms with Gasteiger partial charge in [0.1, 0.15) is 11.5 Å². The van der Waals surface area contributed by atoms with E-state index in [0.717, 1.165) is 35.5 Å². The van der Waals surface area contributed by atoms with Crippen molar-refractivity contribution in [3.8, 4) is 32.4 Å². The van der Waals surface area contributed by atoms with Gasteiger partial charge in [-0.3, -0.25) is 0 Å². The summed E-state index contributed by atoms with van der Waals surface area (Å²) in [5, 5.41) is 0. The van der Waals surface area contributed by atoms with Crippen LogP contribution in [0.1, 0.15) is 97.2 Å². The molecule has 0 saturated heterocycles. The molecule has 48 heavy (non-hydrogen) atoms. The van der Waals surface area contributed by atoms with Crippen LogP contribution >= 0.6 is 22.7 Å². The van der Waals surface area contributed by atoms with E-state index < -0.39 is 0 Å². The molecule has 250 valence electrons. The second-order valence-electron chi connectivity index (χ2n) is 12.5. The van der Waals surface area contributed by atoms with Crippen molar-refractivity contribution in [1.29, 1.82) is 0 Å². The fourth-order valence-corrected chi connectivity index (χ4v) is 7.33. The Morgan fingerprint density at radius 1 is 0.479 bits per heavy atom. The molecule has 0 saturated carbocycles. The molecular weight excluding hydrogens is 625 g/mol. The minimum Gasteiger partial charge on any atom is -0.493 e. The quantitative estimate of drug-likeness (QED) is 0.0861. The third-order valence-corrected chi connectivity index (χ3v) is 10.6. The highest BCUT2D eigenvalue weighted by Gasteiger charge is 2.11. The number of rotatable bonds is 18. The predicted molar refractivity (Wildman–Crippen MR) is 213 cm³/mol. The largest absolute Gasteiger partial charge is 0.493 e. The van der Waals surface area contributed by atoms with Gasteiger partial charge in [0, 0.05) is 30.6 Å². The summed E-state index contributed by atoms with van der Waals surface area (Å²) < 4.78 is 13.0. The van der Waals surface area contributed by atoms with Gasteiger partial charge in [0.25, 0.3) is 0 Å². The van der Waals surface area contributed by atoms with Crippen LogP contribution in [0.25, 0.3) is 45.2 Å². The van der Waals surface area contributed by atoms with E-state index in [1.54, 1.807) is 0 Å². The molecule has 2 aromatic heterocycles. The molecule has 0 spiro atoms. The van der Waals surface area contributed by atoms with Crippen LogP contribution in [0, 0.1) is 13.8 Å². The second kappa shape index (κ2) is 18.6. The van der Waals surface area contributed by atoms with Crippen molar-refractivity contribution in [3.63, 3.8) is 0 Å². The van der Waals surface area contributed by atoms with Gasteiger partial charge in [-0.15, -0.1) is 22.7 Å². The van der Waals surface area contributed by atoms with E-state index in [1.165, 1.54) is 80.3 Å². The van der Waals surface area contributed by atoms with Crippen molar-refractivity contribution in [2.75, 3.05) is 13.2 Å². The van der Waals surface area contributed by atoms with Gasteiger partial charge in [-0.25, -0.2) is 0 Å². The minimum atomic E-state index is 0.711. The first kappa shape index (κ1) is 35.4. The molecule has 0 N–H and O–H groups in total. The lowest BCUT2D eigenvalue weighted by molar-refractivity contribution is 0.296. The second-order valence-corrected chi connectivity index (χ2v) is 14.8. The van der Waals surface area contributed by atoms with E-state index in [9.17, 15) is 0 Å². The SMILES string of the molecule is CCCCCCOc1cc(/C=C/c2ccc(-c3ccc(C)cc3)s2)c(OCCCCCC)cc1/C=C/c1ccc(-c2ccc(C)cc2)s1. The first-order chi connectivity index (χ1) is 23.5. The highest BCUT2D eigenvalue weighted by atomic mass is 32.1. The van der Waals surface area contributed by atoms with Crippen molar-refractivity contribution >= 4 is 47.0 Å². The molecule has 5 rings (SSSR count). The predicted octanol–water partition coefficient (Wildman–Crippen LogP) is 14.0. The Bertz CT molecular complexity index is 1620. The Hall–Kier alpha value is -3.86. The molecule has 0 unspecified atom stereocenters. The lowest BCUT2D eigenvalue weighted by atomic mass is 10.1. The zero-order valence-corrected chi connectivity index (χ0v) is 30.7. The summed E-state index contributed by atoms with van der Waals surface area (Å²) in [6.07, 6.45) is 18.2. The number of thiophene rings is 2. The van der Waals surface area contributed by atoms with E-state index in [-0.39, 0.29) is 0 Å². The summed E-state index contributed by atoms with van der Waals surface area (Å²) in [6, 6.07) is 30.7. The fourth-order valence-electron chi connectivity index (χ4n) is 5.50. The molecule has 0 amide bonds. The van der Waals surface area contributed by atoms with Gasteiger partial charge in [0.15, 0.2) is 0 Å². The molecule has 2 heterocycles. The first-order valence-corrected chi connectivity index (χ1v) is 19.3. The molecule has 5 aromatic rings. The third kappa shape index (κ3) is 10.6. The van der Waals surface area contributed by atoms with Gasteiger partial charge >= 0.3 is 0 Å². The van der Waals surface area contributed by atoms with E-state index in [2.05, 4.69) is 137 Å². The average Bonchev–Trinajstić information content (AvgIpc) is 3.78. The smallest absolute Gasteiger partial charge is 0.127 e. The summed E-state index contributed by atoms with van der Waals surface area (Å²) in [5.41, 5.74) is 7.17. The van der Waals surface area contributed by atoms with Crippen molar-refractivity contribution in [2.45, 2.75) is 79.1 Å². The third-order valence-electron chi connectivity index (χ3n) is 8.43. The molecule has 2 nitrogen and oxygen atoms in total. The van der Waals surface area contributed by atoms with Crippen LogP contribution in [0.15, 0.2) is 84.9 Å². The van der Waals surface area contributed by atoms with Crippen LogP contribution in [0.5, 0.6) is 11.5 Å². The number of hydrogen-bond donors (Lipinski definition) is 0. The van der Waals surface area contributed by atoms with Crippen LogP contribution in [0.3, 0.4) is 0 Å². The molecule has 0 aliphatic heterocycles. The summed E-state index contributed by atoms with van der Waals surface area (Å²) in [5.74, 6) is 1.81. The van der Waals surface area contributed by atoms with Gasteiger partial charge in [0.2, 0.25) is 0 Å². The van der Waals surface area contributed by atoms with E-state index in [1.807, 2.05) is 22.7 Å². The van der Waals surface area contributed by atoms with Gasteiger partial charge in [-0.2, -0.15) is 0 Å². The summed E-state index contributed by atoms with van der Waals surface area (Å²) >= 11 is 3.62. The van der Waals surface area contributed by atoms with Crippen LogP contribution in [0.4, 0.5) is 0 Å². The maximum Gasteiger partial charge on any atom is 0.127 e. The van der Waals surface area contributed by atoms with Crippen molar-refractivity contribution in [1.82, 2.24) is 0 Å². The Balaban J connectivity index is 1.43. The Labute approximate surface area is 296 Å². The maximum absolute atomic E-state index is 6.50. The van der Waals surface area contributed by atoms with Crippen molar-refractivity contribution in [3.05, 3.63) is 117 Å². The molecule has 3 aromatic carbocycles. The van der Waals surface area contributed by atoms with Gasteiger partial charge in [-0.1, -0.05) is 112 Å². The number of ether oxygens (including phenoxy) is 2. The van der Waals surface area contributed by atoms with Crippen LogP contribution in [-0.4, -0.2) is 13.2 Å². The standard InChI is InChI=1S/C44H50O2S2/c1-5-7-9-11-29-45-41-31-38(22-24-40-26-28-44(48-40)36-19-15-34(4)16-20-36)42(46-30-12-10-8-6-2)32-37(41)21-23-39-25-27-43(47-39)35-17-13-33(3)14-18-35/h13-28,31-32H,5-12,29-30H2,1-4H3/b23-21+,24-22+. The maximum atomic E-state index is 6.50. The molecule has 0 fully saturated rings. The Morgan fingerprint density at radius 3 is 1.29 bits per heavy atom. The highest BCUT2D eigenvalue weighted by molar-refractivity contribution is 7.16. The molecule has 0 atom stereocenters. The molecular formula is C44H50O2S2. The molecule has 0 aliphatic rings. The number of hydrogen-bond acceptors (Lipinski definition) is 4. The summed E-state index contributed by atoms with van der Waals surface area (Å²) in [4.78, 5) is 4.98. The Morgan fingerprint density at radius 2 is 0.896 bits per heavy atom. The number of aryl methyl sites for hydroxylation is 2. The summed E-state index contributed by atoms with van der Waals surface area (Å²) in [6.45, 7) is 10.2. The fraction of sp³-hybridized carbons (Fsp3) is 0.318. The van der Waals surface area contributed by atoms with Crippen LogP contribution in [0.2, 0.25) is 0 Å². The van der Waals surface area contributed by atoms with Crippen molar-refractivity contribution in [2.24, 2.45) is 0 Å². The average molecular weight is 675 g/mol. The van der Waals surface area contributed by atoms with E-state index in [4.69, 9.17) is 9.47 Å². The Kier molecular flexibility index (Phi) is 13.8. The van der Waals surface area contributed by atoms with Crippen LogP contribution < -0.4 is 9.47 Å². The topological polar surface area (TPSA) is 18.5 Å². The molecule has 0 bridgehead atoms. The number of unbranched alkanes of at least 4 members (excludes halogenated alkanes) is 6. The zero-order valence-electron chi connectivity index (χ0n) is 29.1. The zero-order chi connectivity index (χ0) is 33.6. The van der Waals surface area contributed by atoms with Gasteiger partial charge in [-0.05, 0) is 98.5 Å². The molecule has 0 radical (unpaired) electrons. The first-order valence-electron chi connectivity index (χ1n) is 17.7. The minimum absolute atomic E-state index is 0.711. The van der Waals surface area contributed by atoms with Gasteiger partial charge < -0.3 is 9.47 Å². The highest BCUT2D eigenvalue weighted by Crippen LogP contribution is 2.35. The summed E-state index contributed by atoms with van der Waals surface area (Å²) in [7, 11) is 0. The lowest BCUT2D eigenvalue weighted by Gasteiger charge is -2.15. The normalized spacial score (nSPS) is 11.6. The molecule has 0 aliphatic carbocycles. The van der Waals surface area contributed by atoms with Crippen molar-refractivity contribution < 1.29 is 9.47 Å². The number of benzene rings is 3. The van der Waals surface area contributed by atoms with E-state index in [0.29, 0.717) is 13.2 Å². The van der Waals surface area contributed by atoms with Gasteiger partial charge in [0.05, 0.1) is 13.2 Å². The van der Waals surface area contributed by atoms with E-state index >= 15 is 0 Å². The lowest BCUT2D eigenvalue weighted by Crippen LogP contribution is -2.03.